The molecule has 128 valence electrons. The highest BCUT2D eigenvalue weighted by Gasteiger charge is 2.37. The van der Waals surface area contributed by atoms with Crippen LogP contribution in [0.5, 0.6) is 0 Å². The SMILES string of the molecule is CC(C)N1C(=O)c2ccc(C(=O)OCc3cccc(Br)c3)cc2C1=O. The first kappa shape index (κ1) is 17.4. The molecule has 2 aromatic rings. The minimum Gasteiger partial charge on any atom is -0.457 e. The van der Waals surface area contributed by atoms with Gasteiger partial charge >= 0.3 is 5.97 Å². The van der Waals surface area contributed by atoms with E-state index in [1.165, 1.54) is 23.1 Å². The highest BCUT2D eigenvalue weighted by molar-refractivity contribution is 9.10. The highest BCUT2D eigenvalue weighted by atomic mass is 79.9. The van der Waals surface area contributed by atoms with E-state index in [9.17, 15) is 14.4 Å². The van der Waals surface area contributed by atoms with Gasteiger partial charge < -0.3 is 4.74 Å². The predicted molar refractivity (Wildman–Crippen MR) is 95.3 cm³/mol. The third-order valence-electron chi connectivity index (χ3n) is 3.93. The molecule has 0 spiro atoms. The number of nitrogens with zero attached hydrogens (tertiary/aromatic N) is 1. The fraction of sp³-hybridized carbons (Fsp3) is 0.211. The number of imide groups is 1. The molecule has 0 saturated heterocycles. The Morgan fingerprint density at radius 1 is 1.08 bits per heavy atom. The molecule has 0 saturated carbocycles. The Balaban J connectivity index is 1.78. The van der Waals surface area contributed by atoms with Crippen molar-refractivity contribution >= 4 is 33.7 Å². The van der Waals surface area contributed by atoms with Crippen molar-refractivity contribution in [2.45, 2.75) is 26.5 Å². The van der Waals surface area contributed by atoms with Gasteiger partial charge in [-0.3, -0.25) is 14.5 Å². The van der Waals surface area contributed by atoms with Crippen LogP contribution < -0.4 is 0 Å². The summed E-state index contributed by atoms with van der Waals surface area (Å²) in [5.41, 5.74) is 1.67. The summed E-state index contributed by atoms with van der Waals surface area (Å²) in [6.07, 6.45) is 0. The van der Waals surface area contributed by atoms with Crippen LogP contribution in [-0.4, -0.2) is 28.7 Å². The molecule has 0 bridgehead atoms. The molecule has 6 heteroatoms. The molecule has 0 radical (unpaired) electrons. The largest absolute Gasteiger partial charge is 0.457 e. The number of carbonyl (C=O) groups excluding carboxylic acids is 3. The van der Waals surface area contributed by atoms with Gasteiger partial charge in [-0.1, -0.05) is 28.1 Å². The van der Waals surface area contributed by atoms with E-state index < -0.39 is 5.97 Å². The van der Waals surface area contributed by atoms with Crippen molar-refractivity contribution in [3.05, 3.63) is 69.2 Å². The van der Waals surface area contributed by atoms with E-state index in [1.807, 2.05) is 24.3 Å². The summed E-state index contributed by atoms with van der Waals surface area (Å²) in [6.45, 7) is 3.67. The molecule has 0 atom stereocenters. The molecule has 2 amide bonds. The molecule has 5 nitrogen and oxygen atoms in total. The number of carbonyl (C=O) groups is 3. The zero-order chi connectivity index (χ0) is 18.1. The van der Waals surface area contributed by atoms with Crippen molar-refractivity contribution in [2.24, 2.45) is 0 Å². The second-order valence-electron chi connectivity index (χ2n) is 6.04. The van der Waals surface area contributed by atoms with Gasteiger partial charge in [-0.2, -0.15) is 0 Å². The first-order chi connectivity index (χ1) is 11.9. The number of rotatable bonds is 4. The van der Waals surface area contributed by atoms with Gasteiger partial charge in [-0.05, 0) is 49.7 Å². The van der Waals surface area contributed by atoms with Crippen LogP contribution in [0, 0.1) is 0 Å². The van der Waals surface area contributed by atoms with Crippen molar-refractivity contribution in [3.63, 3.8) is 0 Å². The molecule has 3 rings (SSSR count). The fourth-order valence-electron chi connectivity index (χ4n) is 2.71. The summed E-state index contributed by atoms with van der Waals surface area (Å²) >= 11 is 3.36. The number of fused-ring (bicyclic) bond motifs is 1. The third kappa shape index (κ3) is 3.35. The number of benzene rings is 2. The maximum atomic E-state index is 12.4. The third-order valence-corrected chi connectivity index (χ3v) is 4.42. The van der Waals surface area contributed by atoms with Crippen LogP contribution >= 0.6 is 15.9 Å². The van der Waals surface area contributed by atoms with Crippen LogP contribution in [0.1, 0.15) is 50.5 Å². The molecule has 0 aliphatic carbocycles. The molecule has 1 heterocycles. The van der Waals surface area contributed by atoms with Crippen molar-refractivity contribution in [3.8, 4) is 0 Å². The topological polar surface area (TPSA) is 63.7 Å². The summed E-state index contributed by atoms with van der Waals surface area (Å²) in [6, 6.07) is 11.7. The minimum absolute atomic E-state index is 0.125. The van der Waals surface area contributed by atoms with Crippen LogP contribution in [0.3, 0.4) is 0 Å². The fourth-order valence-corrected chi connectivity index (χ4v) is 3.16. The van der Waals surface area contributed by atoms with E-state index in [4.69, 9.17) is 4.74 Å². The summed E-state index contributed by atoms with van der Waals surface area (Å²) in [7, 11) is 0. The molecule has 2 aromatic carbocycles. The molecular formula is C19H16BrNO4. The second kappa shape index (κ2) is 6.80. The standard InChI is InChI=1S/C19H16BrNO4/c1-11(2)21-17(22)15-7-6-13(9-16(15)18(21)23)19(24)25-10-12-4-3-5-14(20)8-12/h3-9,11H,10H2,1-2H3. The van der Waals surface area contributed by atoms with E-state index in [-0.39, 0.29) is 35.6 Å². The monoisotopic (exact) mass is 401 g/mol. The van der Waals surface area contributed by atoms with Crippen LogP contribution in [0.2, 0.25) is 0 Å². The first-order valence-corrected chi connectivity index (χ1v) is 8.61. The van der Waals surface area contributed by atoms with E-state index in [0.29, 0.717) is 5.56 Å². The van der Waals surface area contributed by atoms with Crippen LogP contribution in [0.25, 0.3) is 0 Å². The van der Waals surface area contributed by atoms with E-state index >= 15 is 0 Å². The van der Waals surface area contributed by atoms with Gasteiger partial charge in [-0.15, -0.1) is 0 Å². The molecule has 1 aliphatic heterocycles. The van der Waals surface area contributed by atoms with Gasteiger partial charge in [0.2, 0.25) is 0 Å². The summed E-state index contributed by atoms with van der Waals surface area (Å²) in [5.74, 6) is -1.24. The Labute approximate surface area is 153 Å². The molecule has 0 aromatic heterocycles. The van der Waals surface area contributed by atoms with Gasteiger partial charge in [-0.25, -0.2) is 4.79 Å². The number of ether oxygens (including phenoxy) is 1. The lowest BCUT2D eigenvalue weighted by atomic mass is 10.1. The zero-order valence-electron chi connectivity index (χ0n) is 13.8. The first-order valence-electron chi connectivity index (χ1n) is 7.82. The Hall–Kier alpha value is -2.47. The molecule has 0 unspecified atom stereocenters. The van der Waals surface area contributed by atoms with Gasteiger partial charge in [0.05, 0.1) is 16.7 Å². The molecular weight excluding hydrogens is 386 g/mol. The Kier molecular flexibility index (Phi) is 4.72. The zero-order valence-corrected chi connectivity index (χ0v) is 15.4. The highest BCUT2D eigenvalue weighted by Crippen LogP contribution is 2.26. The number of halogens is 1. The van der Waals surface area contributed by atoms with Gasteiger partial charge in [0.15, 0.2) is 0 Å². The Morgan fingerprint density at radius 2 is 1.80 bits per heavy atom. The maximum Gasteiger partial charge on any atom is 0.338 e. The van der Waals surface area contributed by atoms with Crippen LogP contribution in [-0.2, 0) is 11.3 Å². The van der Waals surface area contributed by atoms with Gasteiger partial charge in [0, 0.05) is 10.5 Å². The number of hydrogen-bond donors (Lipinski definition) is 0. The van der Waals surface area contributed by atoms with Crippen LogP contribution in [0.4, 0.5) is 0 Å². The number of hydrogen-bond acceptors (Lipinski definition) is 4. The van der Waals surface area contributed by atoms with Crippen molar-refractivity contribution in [2.75, 3.05) is 0 Å². The Bertz CT molecular complexity index is 875. The second-order valence-corrected chi connectivity index (χ2v) is 6.96. The molecule has 0 fully saturated rings. The lowest BCUT2D eigenvalue weighted by molar-refractivity contribution is 0.0472. The van der Waals surface area contributed by atoms with E-state index in [2.05, 4.69) is 15.9 Å². The molecule has 25 heavy (non-hydrogen) atoms. The van der Waals surface area contributed by atoms with Crippen molar-refractivity contribution in [1.82, 2.24) is 4.90 Å². The van der Waals surface area contributed by atoms with Gasteiger partial charge in [0.1, 0.15) is 6.61 Å². The predicted octanol–water partition coefficient (Wildman–Crippen LogP) is 3.81. The molecule has 1 aliphatic rings. The van der Waals surface area contributed by atoms with Crippen molar-refractivity contribution < 1.29 is 19.1 Å². The number of amides is 2. The van der Waals surface area contributed by atoms with Crippen LogP contribution in [0.15, 0.2) is 46.9 Å². The average molecular weight is 402 g/mol. The smallest absolute Gasteiger partial charge is 0.338 e. The summed E-state index contributed by atoms with van der Waals surface area (Å²) in [4.78, 5) is 38.1. The van der Waals surface area contributed by atoms with Gasteiger partial charge in [0.25, 0.3) is 11.8 Å². The van der Waals surface area contributed by atoms with Crippen molar-refractivity contribution in [1.29, 1.82) is 0 Å². The summed E-state index contributed by atoms with van der Waals surface area (Å²) < 4.78 is 6.20. The van der Waals surface area contributed by atoms with E-state index in [0.717, 1.165) is 10.0 Å². The lowest BCUT2D eigenvalue weighted by Crippen LogP contribution is -2.35. The minimum atomic E-state index is -0.536. The summed E-state index contributed by atoms with van der Waals surface area (Å²) in [5, 5.41) is 0. The Morgan fingerprint density at radius 3 is 2.48 bits per heavy atom. The average Bonchev–Trinajstić information content (AvgIpc) is 2.83. The lowest BCUT2D eigenvalue weighted by Gasteiger charge is -2.17. The maximum absolute atomic E-state index is 12.4. The number of esters is 1. The molecule has 0 N–H and O–H groups in total. The normalized spacial score (nSPS) is 13.4. The quantitative estimate of drug-likeness (QED) is 0.577. The van der Waals surface area contributed by atoms with E-state index in [1.54, 1.807) is 13.8 Å².